The zero-order chi connectivity index (χ0) is 17.3. The number of piperazine rings is 1. The van der Waals surface area contributed by atoms with E-state index in [-0.39, 0.29) is 0 Å². The van der Waals surface area contributed by atoms with Crippen LogP contribution in [-0.4, -0.2) is 52.4 Å². The molecule has 0 amide bonds. The van der Waals surface area contributed by atoms with E-state index in [1.807, 2.05) is 11.3 Å². The standard InChI is InChI=1S/C20H30N5S/c1-2-13-24(14-3-1)25-19-17(22-11-4-5-12-22)7-6-8-18(19)26-20(25)23-15-9-21-10-16-23/h6-8,21H,1-5,9-16H2/q+1. The number of piperidine rings is 1. The predicted octanol–water partition coefficient (Wildman–Crippen LogP) is 2.32. The number of para-hydroxylation sites is 1. The number of thiazole rings is 1. The number of benzene rings is 1. The van der Waals surface area contributed by atoms with E-state index in [4.69, 9.17) is 0 Å². The summed E-state index contributed by atoms with van der Waals surface area (Å²) in [5, 5.41) is 7.57. The number of nitrogens with zero attached hydrogens (tertiary/aromatic N) is 4. The van der Waals surface area contributed by atoms with E-state index in [9.17, 15) is 0 Å². The topological polar surface area (TPSA) is 25.6 Å². The van der Waals surface area contributed by atoms with E-state index < -0.39 is 0 Å². The molecule has 4 heterocycles. The SMILES string of the molecule is c1cc(N2CCCC2)c2c(c1)sc(N1CCNCC1)[n+]2N1CCCCC1. The largest absolute Gasteiger partial charge is 0.368 e. The van der Waals surface area contributed by atoms with Crippen LogP contribution in [0.5, 0.6) is 0 Å². The van der Waals surface area contributed by atoms with Gasteiger partial charge in [-0.3, -0.25) is 0 Å². The molecule has 1 aromatic carbocycles. The lowest BCUT2D eigenvalue weighted by molar-refractivity contribution is -0.652. The maximum atomic E-state index is 3.51. The molecule has 3 fully saturated rings. The number of rotatable bonds is 3. The third-order valence-corrected chi connectivity index (χ3v) is 7.18. The van der Waals surface area contributed by atoms with Crippen molar-refractivity contribution in [2.45, 2.75) is 32.1 Å². The lowest BCUT2D eigenvalue weighted by Crippen LogP contribution is -2.62. The minimum absolute atomic E-state index is 1.09. The summed E-state index contributed by atoms with van der Waals surface area (Å²) in [5.41, 5.74) is 2.90. The van der Waals surface area contributed by atoms with Crippen molar-refractivity contribution in [1.82, 2.24) is 5.32 Å². The van der Waals surface area contributed by atoms with Crippen molar-refractivity contribution < 1.29 is 4.68 Å². The number of aromatic nitrogens is 1. The lowest BCUT2D eigenvalue weighted by Gasteiger charge is -2.30. The summed E-state index contributed by atoms with van der Waals surface area (Å²) in [4.78, 5) is 5.21. The van der Waals surface area contributed by atoms with Crippen molar-refractivity contribution in [3.05, 3.63) is 18.2 Å². The number of anilines is 2. The van der Waals surface area contributed by atoms with Crippen LogP contribution in [0.15, 0.2) is 18.2 Å². The Bertz CT molecular complexity index is 755. The molecule has 140 valence electrons. The van der Waals surface area contributed by atoms with E-state index >= 15 is 0 Å². The second kappa shape index (κ2) is 7.24. The minimum atomic E-state index is 1.09. The predicted molar refractivity (Wildman–Crippen MR) is 110 cm³/mol. The molecule has 2 aromatic rings. The molecule has 3 saturated heterocycles. The van der Waals surface area contributed by atoms with E-state index in [0.717, 1.165) is 26.2 Å². The summed E-state index contributed by atoms with van der Waals surface area (Å²) in [6, 6.07) is 6.93. The van der Waals surface area contributed by atoms with Gasteiger partial charge in [0, 0.05) is 26.2 Å². The summed E-state index contributed by atoms with van der Waals surface area (Å²) < 4.78 is 4.05. The van der Waals surface area contributed by atoms with Gasteiger partial charge < -0.3 is 10.2 Å². The molecule has 5 rings (SSSR count). The van der Waals surface area contributed by atoms with Crippen molar-refractivity contribution in [3.8, 4) is 0 Å². The van der Waals surface area contributed by atoms with Crippen molar-refractivity contribution in [2.24, 2.45) is 0 Å². The third kappa shape index (κ3) is 2.93. The first-order chi connectivity index (χ1) is 12.9. The van der Waals surface area contributed by atoms with Crippen LogP contribution in [0.1, 0.15) is 32.1 Å². The second-order valence-electron chi connectivity index (χ2n) is 7.77. The molecule has 0 aliphatic carbocycles. The van der Waals surface area contributed by atoms with Gasteiger partial charge in [-0.25, -0.2) is 9.91 Å². The molecule has 6 heteroatoms. The summed E-state index contributed by atoms with van der Waals surface area (Å²) >= 11 is 1.99. The van der Waals surface area contributed by atoms with Crippen molar-refractivity contribution in [1.29, 1.82) is 0 Å². The van der Waals surface area contributed by atoms with Crippen LogP contribution < -0.4 is 24.8 Å². The summed E-state index contributed by atoms with van der Waals surface area (Å²) in [6.45, 7) is 9.18. The molecule has 0 radical (unpaired) electrons. The summed E-state index contributed by atoms with van der Waals surface area (Å²) in [6.07, 6.45) is 6.67. The average Bonchev–Trinajstić information content (AvgIpc) is 3.37. The van der Waals surface area contributed by atoms with E-state index in [0.29, 0.717) is 0 Å². The molecule has 1 aromatic heterocycles. The van der Waals surface area contributed by atoms with Gasteiger partial charge in [0.1, 0.15) is 0 Å². The highest BCUT2D eigenvalue weighted by Crippen LogP contribution is 2.35. The van der Waals surface area contributed by atoms with Crippen LogP contribution in [0.2, 0.25) is 0 Å². The van der Waals surface area contributed by atoms with Crippen LogP contribution in [-0.2, 0) is 0 Å². The molecule has 26 heavy (non-hydrogen) atoms. The molecule has 0 saturated carbocycles. The van der Waals surface area contributed by atoms with Gasteiger partial charge in [0.25, 0.3) is 0 Å². The highest BCUT2D eigenvalue weighted by Gasteiger charge is 2.33. The van der Waals surface area contributed by atoms with Crippen LogP contribution >= 0.6 is 11.3 Å². The van der Waals surface area contributed by atoms with Crippen LogP contribution in [0.25, 0.3) is 10.2 Å². The van der Waals surface area contributed by atoms with Gasteiger partial charge in [-0.2, -0.15) is 0 Å². The van der Waals surface area contributed by atoms with E-state index in [2.05, 4.69) is 43.0 Å². The first kappa shape index (κ1) is 16.6. The van der Waals surface area contributed by atoms with E-state index in [1.54, 1.807) is 0 Å². The Hall–Kier alpha value is -1.53. The summed E-state index contributed by atoms with van der Waals surface area (Å²) in [5.74, 6) is 0. The first-order valence-corrected chi connectivity index (χ1v) is 11.2. The first-order valence-electron chi connectivity index (χ1n) is 10.4. The molecular formula is C20H30N5S+. The number of hydrogen-bond acceptors (Lipinski definition) is 5. The van der Waals surface area contributed by atoms with Gasteiger partial charge in [-0.05, 0) is 55.6 Å². The average molecular weight is 373 g/mol. The number of hydrogen-bond donors (Lipinski definition) is 1. The third-order valence-electron chi connectivity index (χ3n) is 6.02. The van der Waals surface area contributed by atoms with Gasteiger partial charge in [0.05, 0.1) is 36.6 Å². The van der Waals surface area contributed by atoms with Gasteiger partial charge in [-0.1, -0.05) is 6.07 Å². The fourth-order valence-corrected chi connectivity index (χ4v) is 5.89. The Kier molecular flexibility index (Phi) is 4.63. The molecule has 5 nitrogen and oxygen atoms in total. The minimum Gasteiger partial charge on any atom is -0.368 e. The van der Waals surface area contributed by atoms with E-state index in [1.165, 1.54) is 79.3 Å². The van der Waals surface area contributed by atoms with Gasteiger partial charge in [0.2, 0.25) is 0 Å². The second-order valence-corrected chi connectivity index (χ2v) is 8.77. The quantitative estimate of drug-likeness (QED) is 0.836. The summed E-state index contributed by atoms with van der Waals surface area (Å²) in [7, 11) is 0. The van der Waals surface area contributed by atoms with Crippen molar-refractivity contribution in [2.75, 3.05) is 67.2 Å². The molecular weight excluding hydrogens is 342 g/mol. The monoisotopic (exact) mass is 372 g/mol. The maximum Gasteiger partial charge on any atom is 0.360 e. The Morgan fingerprint density at radius 1 is 0.808 bits per heavy atom. The molecule has 3 aliphatic rings. The molecule has 0 bridgehead atoms. The number of nitrogens with one attached hydrogen (secondary N) is 1. The smallest absolute Gasteiger partial charge is 0.360 e. The van der Waals surface area contributed by atoms with Crippen LogP contribution in [0.4, 0.5) is 10.8 Å². The van der Waals surface area contributed by atoms with Gasteiger partial charge >= 0.3 is 5.13 Å². The fraction of sp³-hybridized carbons (Fsp3) is 0.650. The normalized spacial score (nSPS) is 21.8. The van der Waals surface area contributed by atoms with Crippen LogP contribution in [0.3, 0.4) is 0 Å². The Labute approximate surface area is 160 Å². The zero-order valence-electron chi connectivity index (χ0n) is 15.6. The van der Waals surface area contributed by atoms with Crippen molar-refractivity contribution >= 4 is 32.4 Å². The van der Waals surface area contributed by atoms with Crippen molar-refractivity contribution in [3.63, 3.8) is 0 Å². The Balaban J connectivity index is 1.66. The van der Waals surface area contributed by atoms with Gasteiger partial charge in [-0.15, -0.1) is 4.68 Å². The van der Waals surface area contributed by atoms with Crippen LogP contribution in [0, 0.1) is 0 Å². The van der Waals surface area contributed by atoms with Gasteiger partial charge in [0.15, 0.2) is 5.52 Å². The lowest BCUT2D eigenvalue weighted by atomic mass is 10.2. The Morgan fingerprint density at radius 2 is 1.54 bits per heavy atom. The fourth-order valence-electron chi connectivity index (χ4n) is 4.65. The molecule has 3 aliphatic heterocycles. The zero-order valence-corrected chi connectivity index (χ0v) is 16.4. The molecule has 0 unspecified atom stereocenters. The highest BCUT2D eigenvalue weighted by atomic mass is 32.1. The number of fused-ring (bicyclic) bond motifs is 1. The molecule has 1 N–H and O–H groups in total. The molecule has 0 spiro atoms. The molecule has 0 atom stereocenters. The maximum absolute atomic E-state index is 3.51. The highest BCUT2D eigenvalue weighted by molar-refractivity contribution is 7.21. The Morgan fingerprint density at radius 3 is 2.31 bits per heavy atom.